The number of fused-ring (bicyclic) bond motifs is 1. The molecule has 0 unspecified atom stereocenters. The molecule has 0 fully saturated rings. The second-order valence-corrected chi connectivity index (χ2v) is 5.78. The van der Waals surface area contributed by atoms with Crippen molar-refractivity contribution in [2.75, 3.05) is 11.4 Å². The number of carbonyl (C=O) groups excluding carboxylic acids is 2. The van der Waals surface area contributed by atoms with Crippen molar-refractivity contribution in [1.82, 2.24) is 0 Å². The number of amides is 2. The molecule has 0 spiro atoms. The van der Waals surface area contributed by atoms with E-state index in [-0.39, 0.29) is 12.5 Å². The predicted molar refractivity (Wildman–Crippen MR) is 85.4 cm³/mol. The van der Waals surface area contributed by atoms with Crippen molar-refractivity contribution in [3.05, 3.63) is 65.2 Å². The highest BCUT2D eigenvalue weighted by atomic mass is 19.1. The van der Waals surface area contributed by atoms with Gasteiger partial charge in [-0.3, -0.25) is 9.59 Å². The van der Waals surface area contributed by atoms with Gasteiger partial charge >= 0.3 is 0 Å². The van der Waals surface area contributed by atoms with Gasteiger partial charge in [-0.15, -0.1) is 0 Å². The largest absolute Gasteiger partial charge is 0.368 e. The van der Waals surface area contributed by atoms with Crippen LogP contribution in [-0.4, -0.2) is 18.4 Å². The molecule has 2 amide bonds. The fraction of sp³-hybridized carbons (Fsp3) is 0.222. The van der Waals surface area contributed by atoms with Crippen molar-refractivity contribution in [2.24, 2.45) is 5.73 Å². The number of anilines is 1. The summed E-state index contributed by atoms with van der Waals surface area (Å²) < 4.78 is 27.1. The molecular formula is C18H16F2N2O2. The smallest absolute Gasteiger partial charge is 0.242 e. The van der Waals surface area contributed by atoms with Gasteiger partial charge in [0.2, 0.25) is 11.8 Å². The summed E-state index contributed by atoms with van der Waals surface area (Å²) in [5.41, 5.74) is 5.55. The van der Waals surface area contributed by atoms with E-state index in [2.05, 4.69) is 0 Å². The normalized spacial score (nSPS) is 19.5. The van der Waals surface area contributed by atoms with Gasteiger partial charge in [0.05, 0.1) is 0 Å². The quantitative estimate of drug-likeness (QED) is 0.936. The van der Waals surface area contributed by atoms with E-state index < -0.39 is 23.0 Å². The van der Waals surface area contributed by atoms with Gasteiger partial charge in [-0.05, 0) is 47.9 Å². The lowest BCUT2D eigenvalue weighted by Crippen LogP contribution is -2.44. The molecule has 3 rings (SSSR count). The zero-order valence-corrected chi connectivity index (χ0v) is 13.1. The van der Waals surface area contributed by atoms with E-state index >= 15 is 0 Å². The molecule has 24 heavy (non-hydrogen) atoms. The minimum atomic E-state index is -1.17. The molecule has 124 valence electrons. The van der Waals surface area contributed by atoms with Crippen molar-refractivity contribution in [3.8, 4) is 0 Å². The van der Waals surface area contributed by atoms with Crippen LogP contribution in [0.3, 0.4) is 0 Å². The minimum Gasteiger partial charge on any atom is -0.368 e. The molecule has 1 aliphatic rings. The van der Waals surface area contributed by atoms with Crippen LogP contribution in [-0.2, 0) is 15.0 Å². The van der Waals surface area contributed by atoms with E-state index in [1.54, 1.807) is 6.92 Å². The Labute approximate surface area is 137 Å². The summed E-state index contributed by atoms with van der Waals surface area (Å²) in [4.78, 5) is 25.8. The van der Waals surface area contributed by atoms with E-state index in [1.807, 2.05) is 0 Å². The Hall–Kier alpha value is -2.76. The molecule has 0 saturated carbocycles. The van der Waals surface area contributed by atoms with Gasteiger partial charge < -0.3 is 10.6 Å². The first-order valence-electron chi connectivity index (χ1n) is 7.56. The highest BCUT2D eigenvalue weighted by molar-refractivity contribution is 6.12. The van der Waals surface area contributed by atoms with E-state index in [1.165, 1.54) is 47.4 Å². The first-order chi connectivity index (χ1) is 11.4. The summed E-state index contributed by atoms with van der Waals surface area (Å²) in [5, 5.41) is 0. The van der Waals surface area contributed by atoms with Crippen molar-refractivity contribution >= 4 is 17.5 Å². The van der Waals surface area contributed by atoms with Crippen molar-refractivity contribution in [3.63, 3.8) is 0 Å². The van der Waals surface area contributed by atoms with Gasteiger partial charge in [0.15, 0.2) is 0 Å². The maximum absolute atomic E-state index is 13.9. The molecule has 1 heterocycles. The summed E-state index contributed by atoms with van der Waals surface area (Å²) in [5.74, 6) is -1.94. The zero-order chi connectivity index (χ0) is 17.5. The predicted octanol–water partition coefficient (Wildman–Crippen LogP) is 2.49. The van der Waals surface area contributed by atoms with Crippen molar-refractivity contribution < 1.29 is 18.4 Å². The molecule has 2 N–H and O–H groups in total. The number of benzene rings is 2. The SMILES string of the molecule is CC[C@]1(c2ccc(F)cc2)C(=O)N(CC(N)=O)c2ccc(F)cc21. The van der Waals surface area contributed by atoms with Crippen LogP contribution in [0.1, 0.15) is 24.5 Å². The van der Waals surface area contributed by atoms with Gasteiger partial charge in [0.1, 0.15) is 23.6 Å². The molecular weight excluding hydrogens is 314 g/mol. The maximum atomic E-state index is 13.9. The lowest BCUT2D eigenvalue weighted by molar-refractivity contribution is -0.124. The number of carbonyl (C=O) groups is 2. The Morgan fingerprint density at radius 2 is 1.75 bits per heavy atom. The molecule has 1 aliphatic heterocycles. The molecule has 0 bridgehead atoms. The Morgan fingerprint density at radius 1 is 1.12 bits per heavy atom. The number of hydrogen-bond acceptors (Lipinski definition) is 2. The van der Waals surface area contributed by atoms with E-state index in [4.69, 9.17) is 5.73 Å². The van der Waals surface area contributed by atoms with Crippen LogP contribution in [0.25, 0.3) is 0 Å². The summed E-state index contributed by atoms with van der Waals surface area (Å²) in [7, 11) is 0. The third-order valence-corrected chi connectivity index (χ3v) is 4.50. The fourth-order valence-electron chi connectivity index (χ4n) is 3.41. The molecule has 0 saturated heterocycles. The summed E-state index contributed by atoms with van der Waals surface area (Å²) in [6.07, 6.45) is 0.336. The average molecular weight is 330 g/mol. The van der Waals surface area contributed by atoms with E-state index in [9.17, 15) is 18.4 Å². The fourth-order valence-corrected chi connectivity index (χ4v) is 3.41. The topological polar surface area (TPSA) is 63.4 Å². The van der Waals surface area contributed by atoms with Crippen LogP contribution in [0.4, 0.5) is 14.5 Å². The number of nitrogens with zero attached hydrogens (tertiary/aromatic N) is 1. The molecule has 0 aromatic heterocycles. The monoisotopic (exact) mass is 330 g/mol. The zero-order valence-electron chi connectivity index (χ0n) is 13.1. The third-order valence-electron chi connectivity index (χ3n) is 4.50. The molecule has 0 aliphatic carbocycles. The molecule has 0 radical (unpaired) electrons. The Balaban J connectivity index is 2.26. The highest BCUT2D eigenvalue weighted by Crippen LogP contribution is 2.48. The van der Waals surface area contributed by atoms with E-state index in [0.29, 0.717) is 23.2 Å². The van der Waals surface area contributed by atoms with Gasteiger partial charge in [-0.2, -0.15) is 0 Å². The van der Waals surface area contributed by atoms with Crippen LogP contribution >= 0.6 is 0 Å². The second kappa shape index (κ2) is 5.70. The minimum absolute atomic E-state index is 0.291. The van der Waals surface area contributed by atoms with Crippen LogP contribution in [0.2, 0.25) is 0 Å². The third kappa shape index (κ3) is 2.26. The van der Waals surface area contributed by atoms with Gasteiger partial charge in [0, 0.05) is 5.69 Å². The molecule has 2 aromatic carbocycles. The van der Waals surface area contributed by atoms with Crippen LogP contribution in [0, 0.1) is 11.6 Å². The lowest BCUT2D eigenvalue weighted by atomic mass is 9.73. The highest BCUT2D eigenvalue weighted by Gasteiger charge is 2.51. The van der Waals surface area contributed by atoms with Crippen LogP contribution in [0.15, 0.2) is 42.5 Å². The Kier molecular flexibility index (Phi) is 3.83. The maximum Gasteiger partial charge on any atom is 0.242 e. The Morgan fingerprint density at radius 3 is 2.33 bits per heavy atom. The number of halogens is 2. The van der Waals surface area contributed by atoms with E-state index in [0.717, 1.165) is 0 Å². The number of hydrogen-bond donors (Lipinski definition) is 1. The van der Waals surface area contributed by atoms with Gasteiger partial charge in [0.25, 0.3) is 0 Å². The lowest BCUT2D eigenvalue weighted by Gasteiger charge is -2.28. The molecule has 6 heteroatoms. The number of nitrogens with two attached hydrogens (primary N) is 1. The molecule has 1 atom stereocenters. The van der Waals surface area contributed by atoms with Crippen LogP contribution in [0.5, 0.6) is 0 Å². The standard InChI is InChI=1S/C18H16F2N2O2/c1-2-18(11-3-5-12(19)6-4-11)14-9-13(20)7-8-15(14)22(17(18)24)10-16(21)23/h3-9H,2,10H2,1H3,(H2,21,23)/t18-/m1/s1. The summed E-state index contributed by atoms with van der Waals surface area (Å²) >= 11 is 0. The van der Waals surface area contributed by atoms with Crippen molar-refractivity contribution in [1.29, 1.82) is 0 Å². The Bertz CT molecular complexity index is 820. The number of primary amides is 1. The van der Waals surface area contributed by atoms with Gasteiger partial charge in [-0.1, -0.05) is 19.1 Å². The first kappa shape index (κ1) is 16.1. The second-order valence-electron chi connectivity index (χ2n) is 5.78. The molecule has 4 nitrogen and oxygen atoms in total. The number of rotatable bonds is 4. The average Bonchev–Trinajstić information content (AvgIpc) is 2.77. The molecule has 2 aromatic rings. The first-order valence-corrected chi connectivity index (χ1v) is 7.56. The van der Waals surface area contributed by atoms with Gasteiger partial charge in [-0.25, -0.2) is 8.78 Å². The van der Waals surface area contributed by atoms with Crippen molar-refractivity contribution in [2.45, 2.75) is 18.8 Å². The van der Waals surface area contributed by atoms with Crippen LogP contribution < -0.4 is 10.6 Å². The summed E-state index contributed by atoms with van der Waals surface area (Å²) in [6.45, 7) is 1.50. The summed E-state index contributed by atoms with van der Waals surface area (Å²) in [6, 6.07) is 9.54.